The molecule has 0 spiro atoms. The van der Waals surface area contributed by atoms with Crippen LogP contribution in [0.1, 0.15) is 52.4 Å². The molecule has 0 aromatic heterocycles. The minimum Gasteiger partial charge on any atom is -0.395 e. The van der Waals surface area contributed by atoms with E-state index in [-0.39, 0.29) is 0 Å². The van der Waals surface area contributed by atoms with Gasteiger partial charge in [-0.2, -0.15) is 0 Å². The highest BCUT2D eigenvalue weighted by atomic mass is 16.3. The molecule has 1 heterocycles. The molecule has 1 saturated heterocycles. The molecule has 2 aliphatic rings. The van der Waals surface area contributed by atoms with E-state index in [1.807, 2.05) is 0 Å². The first-order valence-electron chi connectivity index (χ1n) is 8.26. The van der Waals surface area contributed by atoms with E-state index in [1.165, 1.54) is 51.6 Å². The van der Waals surface area contributed by atoms with Crippen molar-refractivity contribution in [1.82, 2.24) is 10.2 Å². The molecule has 112 valence electrons. The van der Waals surface area contributed by atoms with Crippen molar-refractivity contribution in [3.63, 3.8) is 0 Å². The molecule has 1 aliphatic heterocycles. The summed E-state index contributed by atoms with van der Waals surface area (Å²) >= 11 is 0. The number of hydrogen-bond acceptors (Lipinski definition) is 3. The molecule has 2 rings (SSSR count). The zero-order valence-corrected chi connectivity index (χ0v) is 12.8. The number of nitrogens with one attached hydrogen (secondary N) is 1. The van der Waals surface area contributed by atoms with Gasteiger partial charge in [0.2, 0.25) is 0 Å². The number of nitrogens with zero attached hydrogens (tertiary/aromatic N) is 1. The fourth-order valence-corrected chi connectivity index (χ4v) is 4.09. The van der Waals surface area contributed by atoms with Crippen molar-refractivity contribution in [3.05, 3.63) is 0 Å². The van der Waals surface area contributed by atoms with Gasteiger partial charge >= 0.3 is 0 Å². The molecule has 19 heavy (non-hydrogen) atoms. The highest BCUT2D eigenvalue weighted by Crippen LogP contribution is 2.38. The van der Waals surface area contributed by atoms with Crippen LogP contribution in [0.2, 0.25) is 0 Å². The first-order chi connectivity index (χ1) is 9.21. The summed E-state index contributed by atoms with van der Waals surface area (Å²) in [6.07, 6.45) is 8.17. The Hall–Kier alpha value is -0.120. The van der Waals surface area contributed by atoms with Gasteiger partial charge in [-0.15, -0.1) is 0 Å². The minimum absolute atomic E-state index is 0.332. The number of hydrogen-bond donors (Lipinski definition) is 2. The second-order valence-corrected chi connectivity index (χ2v) is 6.83. The Labute approximate surface area is 118 Å². The molecule has 0 radical (unpaired) electrons. The lowest BCUT2D eigenvalue weighted by atomic mass is 9.73. The van der Waals surface area contributed by atoms with Gasteiger partial charge in [-0.3, -0.25) is 4.90 Å². The second kappa shape index (κ2) is 7.05. The van der Waals surface area contributed by atoms with Gasteiger partial charge in [-0.1, -0.05) is 33.1 Å². The van der Waals surface area contributed by atoms with Crippen LogP contribution in [0.5, 0.6) is 0 Å². The summed E-state index contributed by atoms with van der Waals surface area (Å²) in [5.74, 6) is 0.657. The van der Waals surface area contributed by atoms with E-state index in [0.717, 1.165) is 13.1 Å². The van der Waals surface area contributed by atoms with Gasteiger partial charge in [0.25, 0.3) is 0 Å². The summed E-state index contributed by atoms with van der Waals surface area (Å²) in [7, 11) is 0. The summed E-state index contributed by atoms with van der Waals surface area (Å²) in [5.41, 5.74) is 0.464. The van der Waals surface area contributed by atoms with E-state index in [0.29, 0.717) is 24.0 Å². The minimum atomic E-state index is 0.332. The Kier molecular flexibility index (Phi) is 5.67. The van der Waals surface area contributed by atoms with Crippen LogP contribution >= 0.6 is 0 Å². The van der Waals surface area contributed by atoms with Crippen LogP contribution in [0.4, 0.5) is 0 Å². The van der Waals surface area contributed by atoms with Crippen LogP contribution in [0.15, 0.2) is 0 Å². The maximum absolute atomic E-state index is 9.64. The van der Waals surface area contributed by atoms with Crippen LogP contribution in [-0.4, -0.2) is 48.8 Å². The molecule has 2 unspecified atom stereocenters. The third kappa shape index (κ3) is 3.71. The van der Waals surface area contributed by atoms with E-state index in [4.69, 9.17) is 0 Å². The molecular weight excluding hydrogens is 236 g/mol. The van der Waals surface area contributed by atoms with Crippen LogP contribution < -0.4 is 5.32 Å². The third-order valence-corrected chi connectivity index (χ3v) is 5.39. The third-order valence-electron chi connectivity index (χ3n) is 5.39. The summed E-state index contributed by atoms with van der Waals surface area (Å²) in [5, 5.41) is 13.2. The molecule has 2 fully saturated rings. The van der Waals surface area contributed by atoms with Crippen LogP contribution in [0, 0.1) is 11.3 Å². The normalized spacial score (nSPS) is 31.7. The monoisotopic (exact) mass is 268 g/mol. The van der Waals surface area contributed by atoms with Crippen LogP contribution in [0.3, 0.4) is 0 Å². The molecule has 0 amide bonds. The maximum Gasteiger partial charge on any atom is 0.0589 e. The molecule has 1 saturated carbocycles. The van der Waals surface area contributed by atoms with Gasteiger partial charge in [0, 0.05) is 19.1 Å². The van der Waals surface area contributed by atoms with Crippen LogP contribution in [-0.2, 0) is 0 Å². The van der Waals surface area contributed by atoms with Gasteiger partial charge in [0.15, 0.2) is 0 Å². The van der Waals surface area contributed by atoms with Gasteiger partial charge in [0.1, 0.15) is 0 Å². The van der Waals surface area contributed by atoms with E-state index < -0.39 is 0 Å². The lowest BCUT2D eigenvalue weighted by Gasteiger charge is -2.42. The summed E-state index contributed by atoms with van der Waals surface area (Å²) in [6, 6.07) is 0.403. The number of aliphatic hydroxyl groups excluding tert-OH is 1. The molecule has 2 atom stereocenters. The molecule has 2 N–H and O–H groups in total. The average molecular weight is 268 g/mol. The van der Waals surface area contributed by atoms with Crippen LogP contribution in [0.25, 0.3) is 0 Å². The average Bonchev–Trinajstić information content (AvgIpc) is 2.78. The molecular formula is C16H32N2O. The standard InChI is InChI=1S/C16H32N2O/c1-3-17-12-16(8-5-4-6-9-16)13-18-10-7-14(2)15(18)11-19/h14-15,17,19H,3-13H2,1-2H3. The molecule has 0 bridgehead atoms. The maximum atomic E-state index is 9.64. The molecule has 0 aromatic rings. The highest BCUT2D eigenvalue weighted by molar-refractivity contribution is 4.93. The van der Waals surface area contributed by atoms with Crippen molar-refractivity contribution in [1.29, 1.82) is 0 Å². The smallest absolute Gasteiger partial charge is 0.0589 e. The summed E-state index contributed by atoms with van der Waals surface area (Å²) < 4.78 is 0. The largest absolute Gasteiger partial charge is 0.395 e. The topological polar surface area (TPSA) is 35.5 Å². The predicted molar refractivity (Wildman–Crippen MR) is 80.3 cm³/mol. The first kappa shape index (κ1) is 15.3. The number of likely N-dealkylation sites (tertiary alicyclic amines) is 1. The second-order valence-electron chi connectivity index (χ2n) is 6.83. The first-order valence-corrected chi connectivity index (χ1v) is 8.26. The van der Waals surface area contributed by atoms with Gasteiger partial charge < -0.3 is 10.4 Å². The molecule has 0 aromatic carbocycles. The van der Waals surface area contributed by atoms with Crippen molar-refractivity contribution in [2.24, 2.45) is 11.3 Å². The van der Waals surface area contributed by atoms with Crippen molar-refractivity contribution >= 4 is 0 Å². The Balaban J connectivity index is 1.98. The fraction of sp³-hybridized carbons (Fsp3) is 1.00. The number of rotatable bonds is 6. The SMILES string of the molecule is CCNCC1(CN2CCC(C)C2CO)CCCCC1. The van der Waals surface area contributed by atoms with E-state index >= 15 is 0 Å². The molecule has 1 aliphatic carbocycles. The Morgan fingerprint density at radius 3 is 2.63 bits per heavy atom. The van der Waals surface area contributed by atoms with E-state index in [1.54, 1.807) is 0 Å². The van der Waals surface area contributed by atoms with Crippen molar-refractivity contribution in [2.45, 2.75) is 58.4 Å². The van der Waals surface area contributed by atoms with Gasteiger partial charge in [-0.05, 0) is 43.7 Å². The lowest BCUT2D eigenvalue weighted by molar-refractivity contribution is 0.0657. The highest BCUT2D eigenvalue weighted by Gasteiger charge is 2.38. The lowest BCUT2D eigenvalue weighted by Crippen LogP contribution is -2.48. The Morgan fingerprint density at radius 2 is 2.00 bits per heavy atom. The Bertz CT molecular complexity index is 263. The van der Waals surface area contributed by atoms with Gasteiger partial charge in [0.05, 0.1) is 6.61 Å². The van der Waals surface area contributed by atoms with E-state index in [2.05, 4.69) is 24.1 Å². The number of aliphatic hydroxyl groups is 1. The zero-order valence-electron chi connectivity index (χ0n) is 12.8. The molecule has 3 heteroatoms. The fourth-order valence-electron chi connectivity index (χ4n) is 4.09. The summed E-state index contributed by atoms with van der Waals surface area (Å²) in [6.45, 7) is 9.42. The summed E-state index contributed by atoms with van der Waals surface area (Å²) in [4.78, 5) is 2.58. The predicted octanol–water partition coefficient (Wildman–Crippen LogP) is 2.25. The zero-order chi connectivity index (χ0) is 13.7. The Morgan fingerprint density at radius 1 is 1.26 bits per heavy atom. The van der Waals surface area contributed by atoms with Gasteiger partial charge in [-0.25, -0.2) is 0 Å². The van der Waals surface area contributed by atoms with Crippen molar-refractivity contribution < 1.29 is 5.11 Å². The van der Waals surface area contributed by atoms with Crippen molar-refractivity contribution in [2.75, 3.05) is 32.8 Å². The van der Waals surface area contributed by atoms with E-state index in [9.17, 15) is 5.11 Å². The van der Waals surface area contributed by atoms with Crippen molar-refractivity contribution in [3.8, 4) is 0 Å². The molecule has 3 nitrogen and oxygen atoms in total. The quantitative estimate of drug-likeness (QED) is 0.775.